The van der Waals surface area contributed by atoms with Crippen molar-refractivity contribution in [3.05, 3.63) is 29.3 Å². The Morgan fingerprint density at radius 2 is 1.88 bits per heavy atom. The molecular formula is C16H26ClN3O4S. The number of carbonyl (C=O) groups excluding carboxylic acids is 1. The summed E-state index contributed by atoms with van der Waals surface area (Å²) in [6.07, 6.45) is 1.37. The SMILES string of the molecule is CCC(CC)(CN)NC(=O)CNS(=O)(=O)c1ccc2c(c1)COC2.Cl. The minimum atomic E-state index is -3.75. The fraction of sp³-hybridized carbons (Fsp3) is 0.562. The number of amides is 1. The lowest BCUT2D eigenvalue weighted by molar-refractivity contribution is -0.121. The summed E-state index contributed by atoms with van der Waals surface area (Å²) in [5, 5.41) is 2.83. The molecule has 0 bridgehead atoms. The Hall–Kier alpha value is -1.19. The van der Waals surface area contributed by atoms with Gasteiger partial charge in [0.1, 0.15) is 0 Å². The van der Waals surface area contributed by atoms with Gasteiger partial charge in [0.25, 0.3) is 0 Å². The molecule has 0 aliphatic carbocycles. The lowest BCUT2D eigenvalue weighted by atomic mass is 9.93. The molecular weight excluding hydrogens is 366 g/mol. The normalized spacial score (nSPS) is 13.9. The third-order valence-corrected chi connectivity index (χ3v) is 5.97. The molecule has 0 saturated carbocycles. The van der Waals surface area contributed by atoms with Crippen LogP contribution in [0.3, 0.4) is 0 Å². The van der Waals surface area contributed by atoms with Crippen molar-refractivity contribution in [2.45, 2.75) is 50.3 Å². The van der Waals surface area contributed by atoms with E-state index in [1.807, 2.05) is 13.8 Å². The molecule has 7 nitrogen and oxygen atoms in total. The zero-order chi connectivity index (χ0) is 17.8. The number of rotatable bonds is 8. The van der Waals surface area contributed by atoms with E-state index in [0.29, 0.717) is 32.6 Å². The van der Waals surface area contributed by atoms with E-state index in [1.165, 1.54) is 6.07 Å². The summed E-state index contributed by atoms with van der Waals surface area (Å²) in [4.78, 5) is 12.2. The second-order valence-electron chi connectivity index (χ2n) is 5.99. The molecule has 1 aliphatic rings. The number of sulfonamides is 1. The van der Waals surface area contributed by atoms with Gasteiger partial charge in [-0.2, -0.15) is 0 Å². The van der Waals surface area contributed by atoms with E-state index in [9.17, 15) is 13.2 Å². The van der Waals surface area contributed by atoms with Gasteiger partial charge < -0.3 is 15.8 Å². The molecule has 4 N–H and O–H groups in total. The van der Waals surface area contributed by atoms with Crippen LogP contribution in [0, 0.1) is 0 Å². The van der Waals surface area contributed by atoms with Crippen LogP contribution in [0.15, 0.2) is 23.1 Å². The first kappa shape index (κ1) is 21.9. The van der Waals surface area contributed by atoms with E-state index >= 15 is 0 Å². The minimum Gasteiger partial charge on any atom is -0.372 e. The van der Waals surface area contributed by atoms with Crippen molar-refractivity contribution in [2.24, 2.45) is 5.73 Å². The molecule has 1 amide bonds. The number of carbonyl (C=O) groups is 1. The maximum Gasteiger partial charge on any atom is 0.241 e. The average Bonchev–Trinajstić information content (AvgIpc) is 3.06. The molecule has 0 unspecified atom stereocenters. The summed E-state index contributed by atoms with van der Waals surface area (Å²) in [5.41, 5.74) is 7.10. The lowest BCUT2D eigenvalue weighted by Crippen LogP contribution is -2.55. The molecule has 0 spiro atoms. The quantitative estimate of drug-likeness (QED) is 0.613. The van der Waals surface area contributed by atoms with E-state index < -0.39 is 21.5 Å². The number of hydrogen-bond donors (Lipinski definition) is 3. The molecule has 0 radical (unpaired) electrons. The van der Waals surface area contributed by atoms with Crippen molar-refractivity contribution in [3.8, 4) is 0 Å². The second-order valence-corrected chi connectivity index (χ2v) is 7.75. The fourth-order valence-electron chi connectivity index (χ4n) is 2.67. The number of nitrogens with two attached hydrogens (primary N) is 1. The van der Waals surface area contributed by atoms with Gasteiger partial charge in [-0.15, -0.1) is 12.4 Å². The summed E-state index contributed by atoms with van der Waals surface area (Å²) < 4.78 is 32.3. The van der Waals surface area contributed by atoms with Crippen molar-refractivity contribution in [2.75, 3.05) is 13.1 Å². The Morgan fingerprint density at radius 1 is 1.24 bits per heavy atom. The third-order valence-electron chi connectivity index (χ3n) is 4.57. The molecule has 9 heteroatoms. The van der Waals surface area contributed by atoms with Crippen LogP contribution in [0.1, 0.15) is 37.8 Å². The number of nitrogens with one attached hydrogen (secondary N) is 2. The Balaban J connectivity index is 0.00000312. The summed E-state index contributed by atoms with van der Waals surface area (Å²) >= 11 is 0. The first-order chi connectivity index (χ1) is 11.4. The average molecular weight is 392 g/mol. The van der Waals surface area contributed by atoms with Gasteiger partial charge >= 0.3 is 0 Å². The molecule has 1 heterocycles. The predicted molar refractivity (Wildman–Crippen MR) is 97.9 cm³/mol. The van der Waals surface area contributed by atoms with Gasteiger partial charge in [-0.1, -0.05) is 19.9 Å². The molecule has 142 valence electrons. The van der Waals surface area contributed by atoms with Gasteiger partial charge in [-0.25, -0.2) is 13.1 Å². The zero-order valence-electron chi connectivity index (χ0n) is 14.5. The highest BCUT2D eigenvalue weighted by Gasteiger charge is 2.27. The third kappa shape index (κ3) is 5.15. The van der Waals surface area contributed by atoms with E-state index in [1.54, 1.807) is 12.1 Å². The molecule has 0 aromatic heterocycles. The van der Waals surface area contributed by atoms with Gasteiger partial charge in [0.05, 0.1) is 30.2 Å². The topological polar surface area (TPSA) is 111 Å². The number of ether oxygens (including phenoxy) is 1. The number of benzene rings is 1. The molecule has 1 aliphatic heterocycles. The summed E-state index contributed by atoms with van der Waals surface area (Å²) in [5.74, 6) is -0.391. The van der Waals surface area contributed by atoms with Crippen molar-refractivity contribution in [1.29, 1.82) is 0 Å². The Bertz CT molecular complexity index is 697. The van der Waals surface area contributed by atoms with Crippen LogP contribution in [0.2, 0.25) is 0 Å². The highest BCUT2D eigenvalue weighted by molar-refractivity contribution is 7.89. The molecule has 1 aromatic carbocycles. The molecule has 0 atom stereocenters. The zero-order valence-corrected chi connectivity index (χ0v) is 16.1. The van der Waals surface area contributed by atoms with E-state index in [0.717, 1.165) is 11.1 Å². The van der Waals surface area contributed by atoms with Crippen molar-refractivity contribution < 1.29 is 17.9 Å². The standard InChI is InChI=1S/C16H25N3O4S.ClH/c1-3-16(4-2,11-17)19-15(20)8-18-24(21,22)14-6-5-12-9-23-10-13(12)7-14;/h5-7,18H,3-4,8-11,17H2,1-2H3,(H,19,20);1H. The first-order valence-electron chi connectivity index (χ1n) is 8.06. The minimum absolute atomic E-state index is 0. The van der Waals surface area contributed by atoms with Gasteiger partial charge in [-0.05, 0) is 36.1 Å². The van der Waals surface area contributed by atoms with Crippen LogP contribution in [-0.2, 0) is 32.8 Å². The van der Waals surface area contributed by atoms with Crippen LogP contribution in [0.5, 0.6) is 0 Å². The largest absolute Gasteiger partial charge is 0.372 e. The lowest BCUT2D eigenvalue weighted by Gasteiger charge is -2.31. The molecule has 0 saturated heterocycles. The van der Waals surface area contributed by atoms with Gasteiger partial charge in [0.2, 0.25) is 15.9 Å². The van der Waals surface area contributed by atoms with Gasteiger partial charge in [0, 0.05) is 6.54 Å². The second kappa shape index (κ2) is 8.95. The van der Waals surface area contributed by atoms with Crippen molar-refractivity contribution >= 4 is 28.3 Å². The molecule has 2 rings (SSSR count). The Labute approximate surface area is 155 Å². The van der Waals surface area contributed by atoms with E-state index in [-0.39, 0.29) is 23.8 Å². The Kier molecular flexibility index (Phi) is 7.83. The molecule has 25 heavy (non-hydrogen) atoms. The number of hydrogen-bond acceptors (Lipinski definition) is 5. The van der Waals surface area contributed by atoms with Crippen LogP contribution >= 0.6 is 12.4 Å². The van der Waals surface area contributed by atoms with Crippen LogP contribution < -0.4 is 15.8 Å². The summed E-state index contributed by atoms with van der Waals surface area (Å²) in [6, 6.07) is 4.85. The monoisotopic (exact) mass is 391 g/mol. The highest BCUT2D eigenvalue weighted by Crippen LogP contribution is 2.22. The number of halogens is 1. The van der Waals surface area contributed by atoms with Crippen molar-refractivity contribution in [1.82, 2.24) is 10.0 Å². The van der Waals surface area contributed by atoms with Crippen LogP contribution in [0.4, 0.5) is 0 Å². The Morgan fingerprint density at radius 3 is 2.48 bits per heavy atom. The van der Waals surface area contributed by atoms with E-state index in [2.05, 4.69) is 10.0 Å². The predicted octanol–water partition coefficient (Wildman–Crippen LogP) is 1.05. The summed E-state index contributed by atoms with van der Waals surface area (Å²) in [7, 11) is -3.75. The van der Waals surface area contributed by atoms with E-state index in [4.69, 9.17) is 10.5 Å². The van der Waals surface area contributed by atoms with Gasteiger partial charge in [-0.3, -0.25) is 4.79 Å². The fourth-order valence-corrected chi connectivity index (χ4v) is 3.70. The number of fused-ring (bicyclic) bond motifs is 1. The molecule has 1 aromatic rings. The smallest absolute Gasteiger partial charge is 0.241 e. The first-order valence-corrected chi connectivity index (χ1v) is 9.54. The van der Waals surface area contributed by atoms with Crippen LogP contribution in [0.25, 0.3) is 0 Å². The van der Waals surface area contributed by atoms with Gasteiger partial charge in [0.15, 0.2) is 0 Å². The maximum atomic E-state index is 12.4. The highest BCUT2D eigenvalue weighted by atomic mass is 35.5. The maximum absolute atomic E-state index is 12.4. The molecule has 0 fully saturated rings. The summed E-state index contributed by atoms with van der Waals surface area (Å²) in [6.45, 7) is 4.77. The van der Waals surface area contributed by atoms with Crippen molar-refractivity contribution in [3.63, 3.8) is 0 Å². The van der Waals surface area contributed by atoms with Crippen LogP contribution in [-0.4, -0.2) is 33.0 Å².